The van der Waals surface area contributed by atoms with Gasteiger partial charge in [-0.2, -0.15) is 0 Å². The Labute approximate surface area is 220 Å². The van der Waals surface area contributed by atoms with Gasteiger partial charge in [0.05, 0.1) is 28.5 Å². The first-order valence-corrected chi connectivity index (χ1v) is 12.6. The largest absolute Gasteiger partial charge is 0.352 e. The Morgan fingerprint density at radius 1 is 0.946 bits per heavy atom. The highest BCUT2D eigenvalue weighted by atomic mass is 79.9. The Morgan fingerprint density at radius 2 is 1.65 bits per heavy atom. The number of nitro groups is 1. The number of non-ortho nitro benzene ring substituents is 1. The van der Waals surface area contributed by atoms with E-state index in [2.05, 4.69) is 15.9 Å². The van der Waals surface area contributed by atoms with Gasteiger partial charge >= 0.3 is 0 Å². The van der Waals surface area contributed by atoms with Crippen LogP contribution in [0.15, 0.2) is 77.3 Å². The van der Waals surface area contributed by atoms with E-state index in [-0.39, 0.29) is 17.2 Å². The molecule has 8 nitrogen and oxygen atoms in total. The first kappa shape index (κ1) is 23.3. The molecular weight excluding hydrogens is 538 g/mol. The number of hydrogen-bond donors (Lipinski definition) is 0. The van der Waals surface area contributed by atoms with Crippen molar-refractivity contribution in [3.8, 4) is 0 Å². The molecule has 3 heterocycles. The number of anilines is 2. The van der Waals surface area contributed by atoms with E-state index in [9.17, 15) is 24.5 Å². The van der Waals surface area contributed by atoms with Crippen molar-refractivity contribution in [2.24, 2.45) is 11.8 Å². The van der Waals surface area contributed by atoms with Crippen LogP contribution in [0.5, 0.6) is 0 Å². The van der Waals surface area contributed by atoms with Gasteiger partial charge in [-0.1, -0.05) is 64.5 Å². The number of fused-ring (bicyclic) bond motifs is 5. The number of Topliss-reactive ketones (excluding diaryl/α,β-unsaturated/α-hetero) is 1. The zero-order valence-corrected chi connectivity index (χ0v) is 21.2. The number of halogens is 1. The van der Waals surface area contributed by atoms with Gasteiger partial charge in [-0.15, -0.1) is 0 Å². The van der Waals surface area contributed by atoms with Gasteiger partial charge in [0, 0.05) is 27.9 Å². The molecule has 0 radical (unpaired) electrons. The lowest BCUT2D eigenvalue weighted by atomic mass is 9.86. The van der Waals surface area contributed by atoms with Crippen molar-refractivity contribution >= 4 is 56.7 Å². The van der Waals surface area contributed by atoms with E-state index in [1.807, 2.05) is 41.3 Å². The predicted octanol–water partition coefficient (Wildman–Crippen LogP) is 4.94. The lowest BCUT2D eigenvalue weighted by Crippen LogP contribution is -2.49. The zero-order valence-electron chi connectivity index (χ0n) is 19.6. The number of amides is 2. The van der Waals surface area contributed by atoms with Crippen molar-refractivity contribution in [1.82, 2.24) is 0 Å². The summed E-state index contributed by atoms with van der Waals surface area (Å²) in [7, 11) is 0. The Hall–Kier alpha value is -4.11. The molecule has 0 saturated carbocycles. The third kappa shape index (κ3) is 3.45. The minimum absolute atomic E-state index is 0.181. The van der Waals surface area contributed by atoms with Crippen LogP contribution < -0.4 is 9.80 Å². The van der Waals surface area contributed by atoms with Crippen LogP contribution in [-0.4, -0.2) is 34.6 Å². The third-order valence-electron chi connectivity index (χ3n) is 7.46. The lowest BCUT2D eigenvalue weighted by Gasteiger charge is -2.36. The number of carbonyl (C=O) groups is 3. The van der Waals surface area contributed by atoms with Crippen molar-refractivity contribution in [1.29, 1.82) is 0 Å². The third-order valence-corrected chi connectivity index (χ3v) is 7.99. The van der Waals surface area contributed by atoms with Gasteiger partial charge in [-0.05, 0) is 36.2 Å². The second-order valence-electron chi connectivity index (χ2n) is 9.42. The molecule has 3 aliphatic heterocycles. The van der Waals surface area contributed by atoms with Gasteiger partial charge in [0.2, 0.25) is 11.8 Å². The first-order valence-electron chi connectivity index (χ1n) is 11.8. The summed E-state index contributed by atoms with van der Waals surface area (Å²) in [4.78, 5) is 55.7. The molecule has 2 fully saturated rings. The number of imide groups is 1. The minimum atomic E-state index is -0.942. The fraction of sp³-hybridized carbons (Fsp3) is 0.179. The summed E-state index contributed by atoms with van der Waals surface area (Å²) in [5.41, 5.74) is 2.65. The average molecular weight is 558 g/mol. The van der Waals surface area contributed by atoms with Crippen LogP contribution >= 0.6 is 15.9 Å². The number of benzene rings is 3. The second kappa shape index (κ2) is 8.48. The van der Waals surface area contributed by atoms with Crippen LogP contribution in [-0.2, 0) is 9.59 Å². The van der Waals surface area contributed by atoms with Crippen molar-refractivity contribution in [2.45, 2.75) is 19.0 Å². The van der Waals surface area contributed by atoms with Gasteiger partial charge in [-0.25, -0.2) is 4.90 Å². The molecule has 184 valence electrons. The monoisotopic (exact) mass is 557 g/mol. The molecule has 0 bridgehead atoms. The number of para-hydroxylation sites is 1. The second-order valence-corrected chi connectivity index (χ2v) is 10.3. The number of ketones is 1. The highest BCUT2D eigenvalue weighted by molar-refractivity contribution is 9.10. The molecule has 3 aromatic carbocycles. The number of hydrogen-bond acceptors (Lipinski definition) is 6. The SMILES string of the molecule is Cc1ccc([N+](=O)[O-])cc1N1C(=O)[C@@H]2[C@H](C1=O)[C@H]1C=Cc3ccccc3N1[C@@H]2C(=O)c1ccc(Br)cc1. The number of rotatable bonds is 4. The fourth-order valence-corrected chi connectivity index (χ4v) is 6.05. The molecule has 6 rings (SSSR count). The highest BCUT2D eigenvalue weighted by Gasteiger charge is 2.64. The van der Waals surface area contributed by atoms with Gasteiger partial charge in [0.1, 0.15) is 6.04 Å². The lowest BCUT2D eigenvalue weighted by molar-refractivity contribution is -0.384. The van der Waals surface area contributed by atoms with Crippen molar-refractivity contribution in [2.75, 3.05) is 9.80 Å². The van der Waals surface area contributed by atoms with E-state index in [1.165, 1.54) is 18.2 Å². The van der Waals surface area contributed by atoms with E-state index < -0.39 is 40.7 Å². The highest BCUT2D eigenvalue weighted by Crippen LogP contribution is 2.50. The molecule has 0 aliphatic carbocycles. The summed E-state index contributed by atoms with van der Waals surface area (Å²) >= 11 is 3.39. The molecule has 37 heavy (non-hydrogen) atoms. The van der Waals surface area contributed by atoms with Crippen LogP contribution in [0.2, 0.25) is 0 Å². The molecule has 0 aromatic heterocycles. The number of aryl methyl sites for hydroxylation is 1. The molecule has 2 saturated heterocycles. The van der Waals surface area contributed by atoms with Crippen LogP contribution in [0.25, 0.3) is 6.08 Å². The zero-order chi connectivity index (χ0) is 26.0. The summed E-state index contributed by atoms with van der Waals surface area (Å²) in [6.45, 7) is 1.70. The van der Waals surface area contributed by atoms with Crippen molar-refractivity contribution in [3.63, 3.8) is 0 Å². The molecular formula is C28H20BrN3O5. The number of nitrogens with zero attached hydrogens (tertiary/aromatic N) is 3. The quantitative estimate of drug-likeness (QED) is 0.195. The maximum absolute atomic E-state index is 14.0. The summed E-state index contributed by atoms with van der Waals surface area (Å²) in [6, 6.07) is 17.2. The topological polar surface area (TPSA) is 101 Å². The van der Waals surface area contributed by atoms with E-state index in [0.29, 0.717) is 11.1 Å². The number of nitro benzene ring substituents is 1. The van der Waals surface area contributed by atoms with Crippen molar-refractivity contribution < 1.29 is 19.3 Å². The van der Waals surface area contributed by atoms with Gasteiger partial charge in [0.15, 0.2) is 5.78 Å². The summed E-state index contributed by atoms with van der Waals surface area (Å²) in [5, 5.41) is 11.4. The minimum Gasteiger partial charge on any atom is -0.352 e. The van der Waals surface area contributed by atoms with Crippen LogP contribution in [0.4, 0.5) is 17.1 Å². The molecule has 0 unspecified atom stereocenters. The Balaban J connectivity index is 1.50. The number of carbonyl (C=O) groups excluding carboxylic acids is 3. The summed E-state index contributed by atoms with van der Waals surface area (Å²) in [5.74, 6) is -2.98. The predicted molar refractivity (Wildman–Crippen MR) is 141 cm³/mol. The summed E-state index contributed by atoms with van der Waals surface area (Å²) in [6.07, 6.45) is 3.79. The molecule has 0 N–H and O–H groups in total. The average Bonchev–Trinajstić information content (AvgIpc) is 3.37. The molecule has 2 amide bonds. The fourth-order valence-electron chi connectivity index (χ4n) is 5.79. The molecule has 0 spiro atoms. The molecule has 9 heteroatoms. The van der Waals surface area contributed by atoms with E-state index in [1.54, 1.807) is 31.2 Å². The standard InChI is InChI=1S/C28H20BrN3O5/c1-15-6-12-19(32(36)37)14-22(15)31-27(34)23-21-13-9-16-4-2-3-5-20(16)30(21)25(24(23)28(31)35)26(33)17-7-10-18(29)11-8-17/h2-14,21,23-25H,1H3/t21-,23-,24-,25+/m1/s1. The van der Waals surface area contributed by atoms with Gasteiger partial charge < -0.3 is 4.90 Å². The van der Waals surface area contributed by atoms with Crippen LogP contribution in [0.3, 0.4) is 0 Å². The van der Waals surface area contributed by atoms with E-state index in [4.69, 9.17) is 0 Å². The van der Waals surface area contributed by atoms with E-state index >= 15 is 0 Å². The first-order chi connectivity index (χ1) is 17.8. The Bertz CT molecular complexity index is 1530. The maximum Gasteiger partial charge on any atom is 0.271 e. The van der Waals surface area contributed by atoms with Gasteiger partial charge in [0.25, 0.3) is 5.69 Å². The van der Waals surface area contributed by atoms with Crippen molar-refractivity contribution in [3.05, 3.63) is 104 Å². The normalized spacial score (nSPS) is 23.6. The maximum atomic E-state index is 14.0. The van der Waals surface area contributed by atoms with Crippen LogP contribution in [0.1, 0.15) is 21.5 Å². The molecule has 4 atom stereocenters. The van der Waals surface area contributed by atoms with Gasteiger partial charge in [-0.3, -0.25) is 24.5 Å². The van der Waals surface area contributed by atoms with Crippen LogP contribution in [0, 0.1) is 28.9 Å². The Kier molecular flexibility index (Phi) is 5.34. The smallest absolute Gasteiger partial charge is 0.271 e. The Morgan fingerprint density at radius 3 is 2.38 bits per heavy atom. The summed E-state index contributed by atoms with van der Waals surface area (Å²) < 4.78 is 0.817. The van der Waals surface area contributed by atoms with E-state index in [0.717, 1.165) is 20.6 Å². The molecule has 3 aliphatic rings. The molecule has 3 aromatic rings.